The van der Waals surface area contributed by atoms with Crippen LogP contribution in [0.5, 0.6) is 0 Å². The average molecular weight is 340 g/mol. The van der Waals surface area contributed by atoms with Crippen molar-refractivity contribution >= 4 is 33.0 Å². The number of benzene rings is 1. The van der Waals surface area contributed by atoms with Crippen LogP contribution in [0.15, 0.2) is 28.1 Å². The standard InChI is InChI=1S/C14H18BrN3S/c1-9(16)13-5-4-12(6-14(13)15)18(3)7-11-8-19-10(2)17-11/h4-6,8-9H,7,16H2,1-3H3/t9-/m1/s1. The zero-order valence-electron chi connectivity index (χ0n) is 11.4. The first-order valence-corrected chi connectivity index (χ1v) is 7.82. The lowest BCUT2D eigenvalue weighted by molar-refractivity contribution is 0.811. The highest BCUT2D eigenvalue weighted by Crippen LogP contribution is 2.27. The van der Waals surface area contributed by atoms with Gasteiger partial charge in [0.15, 0.2) is 0 Å². The minimum Gasteiger partial charge on any atom is -0.369 e. The number of hydrogen-bond acceptors (Lipinski definition) is 4. The second-order valence-electron chi connectivity index (χ2n) is 4.71. The number of nitrogens with two attached hydrogens (primary N) is 1. The molecule has 2 rings (SSSR count). The molecular weight excluding hydrogens is 322 g/mol. The summed E-state index contributed by atoms with van der Waals surface area (Å²) in [6.07, 6.45) is 0. The van der Waals surface area contributed by atoms with Gasteiger partial charge in [-0.25, -0.2) is 4.98 Å². The largest absolute Gasteiger partial charge is 0.369 e. The van der Waals surface area contributed by atoms with E-state index in [0.29, 0.717) is 0 Å². The number of thiazole rings is 1. The summed E-state index contributed by atoms with van der Waals surface area (Å²) in [6.45, 7) is 4.83. The van der Waals surface area contributed by atoms with E-state index in [0.717, 1.165) is 33.0 Å². The third-order valence-corrected chi connectivity index (χ3v) is 4.49. The molecule has 2 N–H and O–H groups in total. The molecule has 102 valence electrons. The molecule has 0 aliphatic rings. The first-order chi connectivity index (χ1) is 8.97. The van der Waals surface area contributed by atoms with Crippen molar-refractivity contribution in [1.82, 2.24) is 4.98 Å². The van der Waals surface area contributed by atoms with Crippen molar-refractivity contribution in [2.75, 3.05) is 11.9 Å². The fourth-order valence-electron chi connectivity index (χ4n) is 1.94. The zero-order valence-corrected chi connectivity index (χ0v) is 13.8. The lowest BCUT2D eigenvalue weighted by Crippen LogP contribution is -2.17. The minimum atomic E-state index is 0.0370. The Morgan fingerprint density at radius 3 is 2.74 bits per heavy atom. The molecule has 5 heteroatoms. The molecule has 3 nitrogen and oxygen atoms in total. The second-order valence-corrected chi connectivity index (χ2v) is 6.62. The summed E-state index contributed by atoms with van der Waals surface area (Å²) >= 11 is 5.27. The van der Waals surface area contributed by atoms with Crippen LogP contribution >= 0.6 is 27.3 Å². The highest BCUT2D eigenvalue weighted by atomic mass is 79.9. The van der Waals surface area contributed by atoms with Gasteiger partial charge in [-0.15, -0.1) is 11.3 Å². The lowest BCUT2D eigenvalue weighted by atomic mass is 10.1. The Balaban J connectivity index is 2.15. The molecule has 0 spiro atoms. The Morgan fingerprint density at radius 1 is 1.47 bits per heavy atom. The molecule has 0 aliphatic carbocycles. The normalized spacial score (nSPS) is 12.5. The predicted octanol–water partition coefficient (Wildman–Crippen LogP) is 3.87. The van der Waals surface area contributed by atoms with Crippen LogP contribution in [0.3, 0.4) is 0 Å². The topological polar surface area (TPSA) is 42.2 Å². The fourth-order valence-corrected chi connectivity index (χ4v) is 3.27. The van der Waals surface area contributed by atoms with E-state index in [1.165, 1.54) is 0 Å². The number of aryl methyl sites for hydroxylation is 1. The van der Waals surface area contributed by atoms with Crippen LogP contribution in [-0.2, 0) is 6.54 Å². The molecule has 1 heterocycles. The Hall–Kier alpha value is -0.910. The molecule has 0 saturated heterocycles. The monoisotopic (exact) mass is 339 g/mol. The maximum Gasteiger partial charge on any atom is 0.0898 e. The summed E-state index contributed by atoms with van der Waals surface area (Å²) in [4.78, 5) is 6.67. The number of aromatic nitrogens is 1. The van der Waals surface area contributed by atoms with Crippen LogP contribution in [-0.4, -0.2) is 12.0 Å². The minimum absolute atomic E-state index is 0.0370. The molecule has 0 fully saturated rings. The van der Waals surface area contributed by atoms with Crippen molar-refractivity contribution in [1.29, 1.82) is 0 Å². The Labute approximate surface area is 126 Å². The molecule has 0 unspecified atom stereocenters. The third kappa shape index (κ3) is 3.55. The van der Waals surface area contributed by atoms with Gasteiger partial charge in [-0.3, -0.25) is 0 Å². The molecule has 0 radical (unpaired) electrons. The maximum atomic E-state index is 5.91. The van der Waals surface area contributed by atoms with Gasteiger partial charge in [-0.2, -0.15) is 0 Å². The molecule has 1 aromatic carbocycles. The molecule has 19 heavy (non-hydrogen) atoms. The van der Waals surface area contributed by atoms with Crippen molar-refractivity contribution in [2.45, 2.75) is 26.4 Å². The summed E-state index contributed by atoms with van der Waals surface area (Å²) in [7, 11) is 2.07. The van der Waals surface area contributed by atoms with Gasteiger partial charge in [0.1, 0.15) is 0 Å². The van der Waals surface area contributed by atoms with Crippen molar-refractivity contribution in [3.8, 4) is 0 Å². The predicted molar refractivity (Wildman–Crippen MR) is 85.7 cm³/mol. The molecule has 1 atom stereocenters. The molecular formula is C14H18BrN3S. The van der Waals surface area contributed by atoms with Crippen LogP contribution in [0.2, 0.25) is 0 Å². The van der Waals surface area contributed by atoms with Crippen molar-refractivity contribution in [3.05, 3.63) is 44.3 Å². The number of anilines is 1. The van der Waals surface area contributed by atoms with Gasteiger partial charge in [0, 0.05) is 28.6 Å². The van der Waals surface area contributed by atoms with Crippen molar-refractivity contribution < 1.29 is 0 Å². The van der Waals surface area contributed by atoms with Crippen molar-refractivity contribution in [3.63, 3.8) is 0 Å². The van der Waals surface area contributed by atoms with Crippen molar-refractivity contribution in [2.24, 2.45) is 5.73 Å². The first kappa shape index (κ1) is 14.5. The van der Waals surface area contributed by atoms with Gasteiger partial charge in [0.2, 0.25) is 0 Å². The summed E-state index contributed by atoms with van der Waals surface area (Å²) in [5.74, 6) is 0. The fraction of sp³-hybridized carbons (Fsp3) is 0.357. The molecule has 0 aliphatic heterocycles. The zero-order chi connectivity index (χ0) is 14.0. The smallest absolute Gasteiger partial charge is 0.0898 e. The van der Waals surface area contributed by atoms with Gasteiger partial charge in [-0.05, 0) is 31.5 Å². The van der Waals surface area contributed by atoms with Gasteiger partial charge in [0.05, 0.1) is 17.2 Å². The summed E-state index contributed by atoms with van der Waals surface area (Å²) in [6, 6.07) is 6.32. The molecule has 0 bridgehead atoms. The molecule has 0 amide bonds. The average Bonchev–Trinajstić information content (AvgIpc) is 2.74. The van der Waals surface area contributed by atoms with Crippen LogP contribution in [0.25, 0.3) is 0 Å². The molecule has 2 aromatic rings. The van der Waals surface area contributed by atoms with Gasteiger partial charge < -0.3 is 10.6 Å². The summed E-state index contributed by atoms with van der Waals surface area (Å²) in [5, 5.41) is 3.22. The van der Waals surface area contributed by atoms with E-state index in [-0.39, 0.29) is 6.04 Å². The third-order valence-electron chi connectivity index (χ3n) is 2.98. The Kier molecular flexibility index (Phi) is 4.60. The van der Waals surface area contributed by atoms with Gasteiger partial charge >= 0.3 is 0 Å². The van der Waals surface area contributed by atoms with E-state index >= 15 is 0 Å². The van der Waals surface area contributed by atoms with Crippen LogP contribution in [0.4, 0.5) is 5.69 Å². The number of rotatable bonds is 4. The highest BCUT2D eigenvalue weighted by molar-refractivity contribution is 9.10. The Morgan fingerprint density at radius 2 is 2.21 bits per heavy atom. The first-order valence-electron chi connectivity index (χ1n) is 6.14. The number of nitrogens with zero attached hydrogens (tertiary/aromatic N) is 2. The summed E-state index contributed by atoms with van der Waals surface area (Å²) in [5.41, 5.74) is 9.30. The summed E-state index contributed by atoms with van der Waals surface area (Å²) < 4.78 is 1.06. The van der Waals surface area contributed by atoms with Gasteiger partial charge in [-0.1, -0.05) is 22.0 Å². The van der Waals surface area contributed by atoms with Crippen LogP contribution < -0.4 is 10.6 Å². The quantitative estimate of drug-likeness (QED) is 0.919. The Bertz CT molecular complexity index is 566. The molecule has 1 aromatic heterocycles. The SMILES string of the molecule is Cc1nc(CN(C)c2ccc([C@@H](C)N)c(Br)c2)cs1. The van der Waals surface area contributed by atoms with E-state index in [2.05, 4.69) is 56.4 Å². The van der Waals surface area contributed by atoms with E-state index in [9.17, 15) is 0 Å². The maximum absolute atomic E-state index is 5.91. The second kappa shape index (κ2) is 6.03. The van der Waals surface area contributed by atoms with E-state index in [4.69, 9.17) is 5.73 Å². The van der Waals surface area contributed by atoms with E-state index in [1.807, 2.05) is 13.8 Å². The highest BCUT2D eigenvalue weighted by Gasteiger charge is 2.09. The number of halogens is 1. The van der Waals surface area contributed by atoms with Gasteiger partial charge in [0.25, 0.3) is 0 Å². The van der Waals surface area contributed by atoms with E-state index in [1.54, 1.807) is 11.3 Å². The van der Waals surface area contributed by atoms with E-state index < -0.39 is 0 Å². The van der Waals surface area contributed by atoms with Crippen LogP contribution in [0.1, 0.15) is 29.2 Å². The van der Waals surface area contributed by atoms with Crippen LogP contribution in [0, 0.1) is 6.92 Å². The number of hydrogen-bond donors (Lipinski definition) is 1. The lowest BCUT2D eigenvalue weighted by Gasteiger charge is -2.20. The molecule has 0 saturated carbocycles.